The van der Waals surface area contributed by atoms with Crippen LogP contribution in [-0.4, -0.2) is 49.6 Å². The van der Waals surface area contributed by atoms with Gasteiger partial charge < -0.3 is 19.7 Å². The lowest BCUT2D eigenvalue weighted by Gasteiger charge is -2.27. The second-order valence-corrected chi connectivity index (χ2v) is 7.19. The highest BCUT2D eigenvalue weighted by molar-refractivity contribution is 6.34. The van der Waals surface area contributed by atoms with Crippen molar-refractivity contribution in [3.8, 4) is 5.75 Å². The van der Waals surface area contributed by atoms with Crippen molar-refractivity contribution in [2.75, 3.05) is 38.2 Å². The minimum atomic E-state index is -0.316. The Morgan fingerprint density at radius 3 is 2.69 bits per heavy atom. The zero-order chi connectivity index (χ0) is 20.6. The van der Waals surface area contributed by atoms with Gasteiger partial charge in [-0.05, 0) is 42.8 Å². The highest BCUT2D eigenvalue weighted by Gasteiger charge is 2.20. The number of halogens is 1. The van der Waals surface area contributed by atoms with Gasteiger partial charge in [0.1, 0.15) is 5.75 Å². The third-order valence-corrected chi connectivity index (χ3v) is 4.95. The fourth-order valence-electron chi connectivity index (χ4n) is 2.96. The van der Waals surface area contributed by atoms with Gasteiger partial charge in [0.15, 0.2) is 0 Å². The van der Waals surface area contributed by atoms with E-state index in [0.717, 1.165) is 12.8 Å². The maximum absolute atomic E-state index is 12.7. The Kier molecular flexibility index (Phi) is 7.49. The molecule has 0 bridgehead atoms. The molecule has 0 aromatic heterocycles. The van der Waals surface area contributed by atoms with E-state index in [4.69, 9.17) is 21.1 Å². The molecule has 0 aliphatic carbocycles. The third-order valence-electron chi connectivity index (χ3n) is 4.62. The number of hydrogen-bond donors (Lipinski definition) is 1. The van der Waals surface area contributed by atoms with Gasteiger partial charge in [-0.15, -0.1) is 0 Å². The number of ether oxygens (including phenoxy) is 2. The van der Waals surface area contributed by atoms with Crippen LogP contribution in [0.4, 0.5) is 5.69 Å². The fraction of sp³-hybridized carbons (Fsp3) is 0.364. The molecular weight excluding hydrogens is 392 g/mol. The van der Waals surface area contributed by atoms with Crippen LogP contribution in [0, 0.1) is 0 Å². The summed E-state index contributed by atoms with van der Waals surface area (Å²) in [6, 6.07) is 11.9. The molecule has 2 aromatic carbocycles. The standard InChI is InChI=1S/C22H25ClN2O4/c1-2-3-11-29-18-6-4-5-16(14-18)21(26)24-20-15-17(7-8-19(20)23)22(27)25-9-12-28-13-10-25/h4-8,14-15H,2-3,9-13H2,1H3,(H,24,26). The number of nitrogens with zero attached hydrogens (tertiary/aromatic N) is 1. The molecular formula is C22H25ClN2O4. The molecule has 6 nitrogen and oxygen atoms in total. The topological polar surface area (TPSA) is 67.9 Å². The van der Waals surface area contributed by atoms with Gasteiger partial charge in [0.05, 0.1) is 30.5 Å². The Balaban J connectivity index is 1.71. The van der Waals surface area contributed by atoms with Crippen LogP contribution < -0.4 is 10.1 Å². The maximum atomic E-state index is 12.7. The number of rotatable bonds is 7. The Morgan fingerprint density at radius 2 is 1.93 bits per heavy atom. The summed E-state index contributed by atoms with van der Waals surface area (Å²) < 4.78 is 11.0. The maximum Gasteiger partial charge on any atom is 0.255 e. The van der Waals surface area contributed by atoms with Crippen molar-refractivity contribution in [1.82, 2.24) is 4.90 Å². The van der Waals surface area contributed by atoms with Crippen LogP contribution in [0.5, 0.6) is 5.75 Å². The third kappa shape index (κ3) is 5.71. The number of nitrogens with one attached hydrogen (secondary N) is 1. The van der Waals surface area contributed by atoms with Gasteiger partial charge in [0.25, 0.3) is 11.8 Å². The highest BCUT2D eigenvalue weighted by atomic mass is 35.5. The summed E-state index contributed by atoms with van der Waals surface area (Å²) in [5.74, 6) is 0.226. The van der Waals surface area contributed by atoms with Crippen LogP contribution in [0.15, 0.2) is 42.5 Å². The molecule has 0 radical (unpaired) electrons. The number of carbonyl (C=O) groups is 2. The normalized spacial score (nSPS) is 13.8. The van der Waals surface area contributed by atoms with Gasteiger partial charge in [-0.1, -0.05) is 31.0 Å². The molecule has 0 atom stereocenters. The van der Waals surface area contributed by atoms with E-state index in [9.17, 15) is 9.59 Å². The van der Waals surface area contributed by atoms with Crippen molar-refractivity contribution in [1.29, 1.82) is 0 Å². The van der Waals surface area contributed by atoms with Gasteiger partial charge in [0.2, 0.25) is 0 Å². The highest BCUT2D eigenvalue weighted by Crippen LogP contribution is 2.25. The summed E-state index contributed by atoms with van der Waals surface area (Å²) in [5.41, 5.74) is 1.33. The molecule has 1 N–H and O–H groups in total. The zero-order valence-electron chi connectivity index (χ0n) is 16.4. The molecule has 0 unspecified atom stereocenters. The Labute approximate surface area is 175 Å². The number of hydrogen-bond acceptors (Lipinski definition) is 4. The first-order valence-electron chi connectivity index (χ1n) is 9.79. The van der Waals surface area contributed by atoms with E-state index in [-0.39, 0.29) is 11.8 Å². The predicted octanol–water partition coefficient (Wildman–Crippen LogP) is 4.24. The fourth-order valence-corrected chi connectivity index (χ4v) is 3.12. The summed E-state index contributed by atoms with van der Waals surface area (Å²) in [4.78, 5) is 27.1. The van der Waals surface area contributed by atoms with Crippen LogP contribution >= 0.6 is 11.6 Å². The summed E-state index contributed by atoms with van der Waals surface area (Å²) in [7, 11) is 0. The number of morpholine rings is 1. The quantitative estimate of drug-likeness (QED) is 0.685. The lowest BCUT2D eigenvalue weighted by atomic mass is 10.1. The first kappa shape index (κ1) is 21.1. The van der Waals surface area contributed by atoms with Gasteiger partial charge in [-0.2, -0.15) is 0 Å². The van der Waals surface area contributed by atoms with E-state index in [2.05, 4.69) is 12.2 Å². The summed E-state index contributed by atoms with van der Waals surface area (Å²) in [5, 5.41) is 3.17. The molecule has 7 heteroatoms. The molecule has 1 fully saturated rings. The molecule has 1 aliphatic heterocycles. The van der Waals surface area contributed by atoms with Crippen molar-refractivity contribution in [3.05, 3.63) is 58.6 Å². The predicted molar refractivity (Wildman–Crippen MR) is 113 cm³/mol. The second kappa shape index (κ2) is 10.3. The van der Waals surface area contributed by atoms with Crippen LogP contribution in [0.25, 0.3) is 0 Å². The average Bonchev–Trinajstić information content (AvgIpc) is 2.76. The molecule has 1 saturated heterocycles. The SMILES string of the molecule is CCCCOc1cccc(C(=O)Nc2cc(C(=O)N3CCOCC3)ccc2Cl)c1. The number of benzene rings is 2. The minimum absolute atomic E-state index is 0.105. The monoisotopic (exact) mass is 416 g/mol. The van der Waals surface area contributed by atoms with E-state index < -0.39 is 0 Å². The molecule has 1 aliphatic rings. The van der Waals surface area contributed by atoms with Crippen molar-refractivity contribution in [2.24, 2.45) is 0 Å². The number of amides is 2. The first-order chi connectivity index (χ1) is 14.1. The molecule has 0 saturated carbocycles. The van der Waals surface area contributed by atoms with E-state index in [0.29, 0.717) is 60.5 Å². The molecule has 0 spiro atoms. The molecule has 1 heterocycles. The summed E-state index contributed by atoms with van der Waals surface area (Å²) in [6.45, 7) is 4.86. The van der Waals surface area contributed by atoms with Gasteiger partial charge in [-0.3, -0.25) is 9.59 Å². The summed E-state index contributed by atoms with van der Waals surface area (Å²) in [6.07, 6.45) is 1.99. The largest absolute Gasteiger partial charge is 0.494 e. The minimum Gasteiger partial charge on any atom is -0.494 e. The van der Waals surface area contributed by atoms with Crippen LogP contribution in [0.2, 0.25) is 5.02 Å². The van der Waals surface area contributed by atoms with E-state index in [1.54, 1.807) is 41.3 Å². The van der Waals surface area contributed by atoms with Crippen LogP contribution in [-0.2, 0) is 4.74 Å². The van der Waals surface area contributed by atoms with E-state index in [1.165, 1.54) is 0 Å². The second-order valence-electron chi connectivity index (χ2n) is 6.78. The van der Waals surface area contributed by atoms with Crippen molar-refractivity contribution in [2.45, 2.75) is 19.8 Å². The molecule has 2 amide bonds. The van der Waals surface area contributed by atoms with E-state index >= 15 is 0 Å². The summed E-state index contributed by atoms with van der Waals surface area (Å²) >= 11 is 6.25. The van der Waals surface area contributed by atoms with Crippen LogP contribution in [0.1, 0.15) is 40.5 Å². The first-order valence-corrected chi connectivity index (χ1v) is 10.2. The molecule has 29 heavy (non-hydrogen) atoms. The molecule has 154 valence electrons. The Morgan fingerprint density at radius 1 is 1.14 bits per heavy atom. The lowest BCUT2D eigenvalue weighted by molar-refractivity contribution is 0.0303. The molecule has 2 aromatic rings. The van der Waals surface area contributed by atoms with Gasteiger partial charge >= 0.3 is 0 Å². The van der Waals surface area contributed by atoms with Crippen molar-refractivity contribution in [3.63, 3.8) is 0 Å². The van der Waals surface area contributed by atoms with Crippen molar-refractivity contribution >= 4 is 29.1 Å². The zero-order valence-corrected chi connectivity index (χ0v) is 17.2. The van der Waals surface area contributed by atoms with Gasteiger partial charge in [-0.25, -0.2) is 0 Å². The van der Waals surface area contributed by atoms with Crippen molar-refractivity contribution < 1.29 is 19.1 Å². The van der Waals surface area contributed by atoms with E-state index in [1.807, 2.05) is 6.07 Å². The Hall–Kier alpha value is -2.57. The Bertz CT molecular complexity index is 866. The number of carbonyl (C=O) groups excluding carboxylic acids is 2. The van der Waals surface area contributed by atoms with Gasteiger partial charge in [0, 0.05) is 24.2 Å². The van der Waals surface area contributed by atoms with Crippen LogP contribution in [0.3, 0.4) is 0 Å². The lowest BCUT2D eigenvalue weighted by Crippen LogP contribution is -2.40. The number of anilines is 1. The molecule has 3 rings (SSSR count). The smallest absolute Gasteiger partial charge is 0.255 e. The number of unbranched alkanes of at least 4 members (excludes halogenated alkanes) is 1. The average molecular weight is 417 g/mol.